The van der Waals surface area contributed by atoms with E-state index in [0.29, 0.717) is 20.4 Å². The van der Waals surface area contributed by atoms with Crippen LogP contribution >= 0.6 is 44.1 Å². The molecule has 2 aromatic rings. The lowest BCUT2D eigenvalue weighted by Gasteiger charge is -2.12. The molecule has 0 saturated carbocycles. The van der Waals surface area contributed by atoms with Gasteiger partial charge in [-0.15, -0.1) is 0 Å². The summed E-state index contributed by atoms with van der Waals surface area (Å²) < 4.78 is 6.42. The zero-order valence-corrected chi connectivity index (χ0v) is 17.3. The molecule has 0 spiro atoms. The fraction of sp³-hybridized carbons (Fsp3) is 0.176. The number of phenols is 1. The van der Waals surface area contributed by atoms with Gasteiger partial charge in [0.15, 0.2) is 11.7 Å². The van der Waals surface area contributed by atoms with Crippen LogP contribution in [0.2, 0.25) is 0 Å². The van der Waals surface area contributed by atoms with Crippen molar-refractivity contribution in [3.63, 3.8) is 0 Å². The van der Waals surface area contributed by atoms with Gasteiger partial charge in [-0.05, 0) is 80.3 Å². The van der Waals surface area contributed by atoms with Gasteiger partial charge in [-0.2, -0.15) is 0 Å². The number of thiocarbonyl (C=S) groups is 1. The summed E-state index contributed by atoms with van der Waals surface area (Å²) in [4.78, 5) is 11.9. The lowest BCUT2D eigenvalue weighted by Crippen LogP contribution is -2.37. The molecule has 5 nitrogen and oxygen atoms in total. The number of halogens is 2. The van der Waals surface area contributed by atoms with Crippen LogP contribution in [0.15, 0.2) is 45.3 Å². The van der Waals surface area contributed by atoms with Crippen LogP contribution in [0.25, 0.3) is 0 Å². The number of amides is 1. The van der Waals surface area contributed by atoms with E-state index in [4.69, 9.17) is 17.0 Å². The topological polar surface area (TPSA) is 70.6 Å². The zero-order chi connectivity index (χ0) is 18.4. The third kappa shape index (κ3) is 5.98. The van der Waals surface area contributed by atoms with Crippen LogP contribution in [0.4, 0.5) is 5.69 Å². The van der Waals surface area contributed by atoms with Gasteiger partial charge in [0.1, 0.15) is 11.5 Å². The van der Waals surface area contributed by atoms with Crippen LogP contribution in [-0.4, -0.2) is 22.7 Å². The Morgan fingerprint density at radius 3 is 2.36 bits per heavy atom. The molecule has 3 N–H and O–H groups in total. The molecule has 0 aliphatic heterocycles. The second-order valence-corrected chi connectivity index (χ2v) is 7.19. The second kappa shape index (κ2) is 9.17. The first-order valence-electron chi connectivity index (χ1n) is 7.39. The minimum Gasteiger partial charge on any atom is -0.506 e. The van der Waals surface area contributed by atoms with E-state index in [1.807, 2.05) is 24.3 Å². The maximum Gasteiger partial charge on any atom is 0.264 e. The highest BCUT2D eigenvalue weighted by Gasteiger charge is 2.09. The molecule has 2 rings (SSSR count). The van der Waals surface area contributed by atoms with Crippen LogP contribution in [0.5, 0.6) is 11.5 Å². The smallest absolute Gasteiger partial charge is 0.264 e. The van der Waals surface area contributed by atoms with E-state index in [-0.39, 0.29) is 23.4 Å². The summed E-state index contributed by atoms with van der Waals surface area (Å²) in [5.74, 6) is 0.342. The molecule has 2 aromatic carbocycles. The van der Waals surface area contributed by atoms with Crippen LogP contribution in [0.1, 0.15) is 12.5 Å². The molecule has 0 radical (unpaired) electrons. The number of ether oxygens (including phenoxy) is 1. The van der Waals surface area contributed by atoms with E-state index in [1.165, 1.54) is 5.56 Å². The van der Waals surface area contributed by atoms with Gasteiger partial charge in [-0.3, -0.25) is 10.1 Å². The van der Waals surface area contributed by atoms with Crippen molar-refractivity contribution in [2.24, 2.45) is 0 Å². The number of aromatic hydroxyl groups is 1. The maximum absolute atomic E-state index is 11.9. The van der Waals surface area contributed by atoms with Gasteiger partial charge in [-0.25, -0.2) is 0 Å². The monoisotopic (exact) mass is 486 g/mol. The Morgan fingerprint density at radius 1 is 1.20 bits per heavy atom. The number of nitrogens with one attached hydrogen (secondary N) is 2. The van der Waals surface area contributed by atoms with Gasteiger partial charge in [0.2, 0.25) is 0 Å². The highest BCUT2D eigenvalue weighted by molar-refractivity contribution is 9.11. The first-order chi connectivity index (χ1) is 11.9. The van der Waals surface area contributed by atoms with Crippen molar-refractivity contribution in [3.8, 4) is 11.5 Å². The van der Waals surface area contributed by atoms with Crippen LogP contribution in [0, 0.1) is 0 Å². The first-order valence-corrected chi connectivity index (χ1v) is 9.39. The molecule has 0 aliphatic rings. The van der Waals surface area contributed by atoms with Crippen LogP contribution in [-0.2, 0) is 11.2 Å². The largest absolute Gasteiger partial charge is 0.506 e. The molecule has 0 unspecified atom stereocenters. The number of rotatable bonds is 5. The first kappa shape index (κ1) is 19.7. The second-order valence-electron chi connectivity index (χ2n) is 5.08. The predicted octanol–water partition coefficient (Wildman–Crippen LogP) is 4.37. The molecular weight excluding hydrogens is 472 g/mol. The Morgan fingerprint density at radius 2 is 1.80 bits per heavy atom. The van der Waals surface area contributed by atoms with Gasteiger partial charge in [-0.1, -0.05) is 19.1 Å². The summed E-state index contributed by atoms with van der Waals surface area (Å²) in [7, 11) is 0. The molecular formula is C17H16Br2N2O3S. The fourth-order valence-electron chi connectivity index (χ4n) is 1.93. The number of anilines is 1. The summed E-state index contributed by atoms with van der Waals surface area (Å²) in [6.07, 6.45) is 0.949. The molecule has 132 valence electrons. The molecule has 0 atom stereocenters. The summed E-state index contributed by atoms with van der Waals surface area (Å²) in [6, 6.07) is 10.9. The van der Waals surface area contributed by atoms with Crippen LogP contribution in [0.3, 0.4) is 0 Å². The summed E-state index contributed by atoms with van der Waals surface area (Å²) in [6.45, 7) is 1.93. The van der Waals surface area contributed by atoms with Gasteiger partial charge < -0.3 is 15.2 Å². The number of carbonyl (C=O) groups is 1. The van der Waals surface area contributed by atoms with Gasteiger partial charge >= 0.3 is 0 Å². The van der Waals surface area contributed by atoms with E-state index in [9.17, 15) is 9.90 Å². The number of carbonyl (C=O) groups excluding carboxylic acids is 1. The third-order valence-corrected chi connectivity index (χ3v) is 4.64. The number of phenolic OH excluding ortho intramolecular Hbond substituents is 1. The lowest BCUT2D eigenvalue weighted by molar-refractivity contribution is -0.121. The Kier molecular flexibility index (Phi) is 7.22. The number of hydrogen-bond acceptors (Lipinski definition) is 4. The summed E-state index contributed by atoms with van der Waals surface area (Å²) >= 11 is 11.6. The van der Waals surface area contributed by atoms with E-state index >= 15 is 0 Å². The third-order valence-electron chi connectivity index (χ3n) is 3.23. The average molecular weight is 488 g/mol. The highest BCUT2D eigenvalue weighted by atomic mass is 79.9. The maximum atomic E-state index is 11.9. The fourth-order valence-corrected chi connectivity index (χ4v) is 3.35. The van der Waals surface area contributed by atoms with Gasteiger partial charge in [0.25, 0.3) is 5.91 Å². The van der Waals surface area contributed by atoms with Crippen molar-refractivity contribution < 1.29 is 14.6 Å². The minimum absolute atomic E-state index is 0.0861. The molecule has 0 aromatic heterocycles. The molecule has 0 heterocycles. The SMILES string of the molecule is CCc1ccc(OCC(=O)NC(=S)Nc2cc(Br)c(O)c(Br)c2)cc1. The molecule has 0 fully saturated rings. The highest BCUT2D eigenvalue weighted by Crippen LogP contribution is 2.35. The molecule has 1 amide bonds. The Bertz CT molecular complexity index is 759. The van der Waals surface area contributed by atoms with Crippen molar-refractivity contribution >= 4 is 60.8 Å². The number of benzene rings is 2. The van der Waals surface area contributed by atoms with Gasteiger partial charge in [0.05, 0.1) is 8.95 Å². The molecule has 8 heteroatoms. The Balaban J connectivity index is 1.84. The quantitative estimate of drug-likeness (QED) is 0.431. The van der Waals surface area contributed by atoms with Crippen molar-refractivity contribution in [2.75, 3.05) is 11.9 Å². The molecule has 0 aliphatic carbocycles. The van der Waals surface area contributed by atoms with E-state index in [0.717, 1.165) is 6.42 Å². The Labute approximate surface area is 168 Å². The molecule has 0 saturated heterocycles. The van der Waals surface area contributed by atoms with Crippen molar-refractivity contribution in [3.05, 3.63) is 50.9 Å². The summed E-state index contributed by atoms with van der Waals surface area (Å²) in [5, 5.41) is 15.2. The normalized spacial score (nSPS) is 10.2. The molecule has 0 bridgehead atoms. The average Bonchev–Trinajstić information content (AvgIpc) is 2.58. The minimum atomic E-state index is -0.367. The van der Waals surface area contributed by atoms with E-state index in [1.54, 1.807) is 12.1 Å². The van der Waals surface area contributed by atoms with E-state index in [2.05, 4.69) is 49.4 Å². The lowest BCUT2D eigenvalue weighted by atomic mass is 10.2. The summed E-state index contributed by atoms with van der Waals surface area (Å²) in [5.41, 5.74) is 1.81. The standard InChI is InChI=1S/C17H16Br2N2O3S/c1-2-10-3-5-12(6-4-10)24-9-15(22)21-17(25)20-11-7-13(18)16(23)14(19)8-11/h3-8,23H,2,9H2,1H3,(H2,20,21,22,25). The van der Waals surface area contributed by atoms with Crippen molar-refractivity contribution in [2.45, 2.75) is 13.3 Å². The van der Waals surface area contributed by atoms with Crippen molar-refractivity contribution in [1.29, 1.82) is 0 Å². The predicted molar refractivity (Wildman–Crippen MR) is 109 cm³/mol. The number of aryl methyl sites for hydroxylation is 1. The van der Waals surface area contributed by atoms with Crippen LogP contribution < -0.4 is 15.4 Å². The van der Waals surface area contributed by atoms with Crippen molar-refractivity contribution in [1.82, 2.24) is 5.32 Å². The zero-order valence-electron chi connectivity index (χ0n) is 13.3. The Hall–Kier alpha value is -1.64. The van der Waals surface area contributed by atoms with Gasteiger partial charge in [0, 0.05) is 5.69 Å². The number of hydrogen-bond donors (Lipinski definition) is 3. The molecule has 25 heavy (non-hydrogen) atoms. The van der Waals surface area contributed by atoms with E-state index < -0.39 is 0 Å².